The normalized spacial score (nSPS) is 10.2. The molecule has 0 saturated carbocycles. The van der Waals surface area contributed by atoms with E-state index in [-0.39, 0.29) is 17.4 Å². The Morgan fingerprint density at radius 3 is 2.63 bits per heavy atom. The van der Waals surface area contributed by atoms with Gasteiger partial charge in [-0.3, -0.25) is 10.1 Å². The molecule has 1 aromatic carbocycles. The number of nitro groups is 1. The Hall–Kier alpha value is -2.63. The number of aromatic nitrogens is 1. The van der Waals surface area contributed by atoms with E-state index >= 15 is 0 Å². The van der Waals surface area contributed by atoms with Crippen LogP contribution in [0.2, 0.25) is 0 Å². The molecule has 0 aliphatic heterocycles. The summed E-state index contributed by atoms with van der Waals surface area (Å²) in [5, 5.41) is 10.9. The average molecular weight is 259 g/mol. The molecule has 1 aromatic heterocycles. The van der Waals surface area contributed by atoms with Gasteiger partial charge in [0.05, 0.1) is 4.92 Å². The third kappa shape index (κ3) is 2.79. The third-order valence-electron chi connectivity index (χ3n) is 2.60. The maximum absolute atomic E-state index is 10.9. The zero-order valence-electron chi connectivity index (χ0n) is 10.6. The summed E-state index contributed by atoms with van der Waals surface area (Å²) in [5.74, 6) is 0.592. The molecule has 0 bridgehead atoms. The van der Waals surface area contributed by atoms with Gasteiger partial charge in [0.1, 0.15) is 11.6 Å². The fraction of sp³-hybridized carbons (Fsp3) is 0.154. The van der Waals surface area contributed by atoms with Gasteiger partial charge in [0.2, 0.25) is 0 Å². The number of pyridine rings is 1. The van der Waals surface area contributed by atoms with E-state index in [0.29, 0.717) is 5.75 Å². The first-order valence-corrected chi connectivity index (χ1v) is 5.63. The average Bonchev–Trinajstić information content (AvgIpc) is 2.32. The molecule has 1 heterocycles. The lowest BCUT2D eigenvalue weighted by atomic mass is 10.1. The summed E-state index contributed by atoms with van der Waals surface area (Å²) >= 11 is 0. The molecule has 0 fully saturated rings. The van der Waals surface area contributed by atoms with Gasteiger partial charge in [-0.2, -0.15) is 4.98 Å². The number of nitrogen functional groups attached to an aromatic ring is 1. The Balaban J connectivity index is 2.42. The highest BCUT2D eigenvalue weighted by molar-refractivity contribution is 5.49. The Morgan fingerprint density at radius 2 is 2.00 bits per heavy atom. The number of ether oxygens (including phenoxy) is 1. The van der Waals surface area contributed by atoms with Crippen molar-refractivity contribution in [1.29, 1.82) is 0 Å². The van der Waals surface area contributed by atoms with Gasteiger partial charge in [0.25, 0.3) is 0 Å². The van der Waals surface area contributed by atoms with Gasteiger partial charge in [0, 0.05) is 6.07 Å². The summed E-state index contributed by atoms with van der Waals surface area (Å²) in [6.45, 7) is 3.82. The predicted octanol–water partition coefficient (Wildman–Crippen LogP) is 2.98. The number of nitrogens with zero attached hydrogens (tertiary/aromatic N) is 2. The van der Waals surface area contributed by atoms with E-state index in [4.69, 9.17) is 10.5 Å². The molecule has 0 aliphatic carbocycles. The number of hydrogen-bond donors (Lipinski definition) is 1. The first kappa shape index (κ1) is 12.8. The lowest BCUT2D eigenvalue weighted by Gasteiger charge is -2.09. The standard InChI is InChI=1S/C13H13N3O3/c1-8-3-5-11(9(2)7-8)19-13-10(16(17)18)4-6-12(14)15-13/h3-7H,1-2H3,(H2,14,15). The molecule has 98 valence electrons. The first-order chi connectivity index (χ1) is 8.97. The Morgan fingerprint density at radius 1 is 1.26 bits per heavy atom. The molecular weight excluding hydrogens is 246 g/mol. The number of anilines is 1. The van der Waals surface area contributed by atoms with Crippen molar-refractivity contribution in [3.05, 3.63) is 51.6 Å². The maximum Gasteiger partial charge on any atom is 0.331 e. The van der Waals surface area contributed by atoms with Crippen molar-refractivity contribution in [1.82, 2.24) is 4.98 Å². The van der Waals surface area contributed by atoms with E-state index < -0.39 is 4.92 Å². The number of nitrogens with two attached hydrogens (primary N) is 1. The van der Waals surface area contributed by atoms with E-state index in [9.17, 15) is 10.1 Å². The predicted molar refractivity (Wildman–Crippen MR) is 71.3 cm³/mol. The minimum absolute atomic E-state index is 0.100. The SMILES string of the molecule is Cc1ccc(Oc2nc(N)ccc2[N+](=O)[O-])c(C)c1. The monoisotopic (exact) mass is 259 g/mol. The molecule has 2 aromatic rings. The van der Waals surface area contributed by atoms with Gasteiger partial charge in [-0.1, -0.05) is 17.7 Å². The smallest absolute Gasteiger partial charge is 0.331 e. The fourth-order valence-corrected chi connectivity index (χ4v) is 1.68. The van der Waals surface area contributed by atoms with Gasteiger partial charge in [-0.05, 0) is 31.5 Å². The van der Waals surface area contributed by atoms with Crippen LogP contribution in [-0.2, 0) is 0 Å². The second-order valence-corrected chi connectivity index (χ2v) is 4.19. The molecule has 0 radical (unpaired) electrons. The molecule has 2 rings (SSSR count). The van der Waals surface area contributed by atoms with E-state index in [0.717, 1.165) is 11.1 Å². The van der Waals surface area contributed by atoms with E-state index in [1.807, 2.05) is 26.0 Å². The largest absolute Gasteiger partial charge is 0.433 e. The topological polar surface area (TPSA) is 91.3 Å². The quantitative estimate of drug-likeness (QED) is 0.675. The zero-order chi connectivity index (χ0) is 14.0. The summed E-state index contributed by atoms with van der Waals surface area (Å²) in [6, 6.07) is 8.18. The van der Waals surface area contributed by atoms with Gasteiger partial charge < -0.3 is 10.5 Å². The maximum atomic E-state index is 10.9. The Bertz CT molecular complexity index is 641. The van der Waals surface area contributed by atoms with Crippen LogP contribution in [0.15, 0.2) is 30.3 Å². The Kier molecular flexibility index (Phi) is 3.33. The number of rotatable bonds is 3. The molecule has 2 N–H and O–H groups in total. The third-order valence-corrected chi connectivity index (χ3v) is 2.60. The minimum atomic E-state index is -0.550. The van der Waals surface area contributed by atoms with Gasteiger partial charge in [0.15, 0.2) is 0 Å². The molecule has 0 saturated heterocycles. The molecule has 6 heteroatoms. The molecule has 6 nitrogen and oxygen atoms in total. The van der Waals surface area contributed by atoms with Crippen molar-refractivity contribution in [2.45, 2.75) is 13.8 Å². The van der Waals surface area contributed by atoms with E-state index in [1.165, 1.54) is 12.1 Å². The summed E-state index contributed by atoms with van der Waals surface area (Å²) < 4.78 is 5.50. The lowest BCUT2D eigenvalue weighted by Crippen LogP contribution is -1.99. The van der Waals surface area contributed by atoms with Crippen LogP contribution in [0.25, 0.3) is 0 Å². The second kappa shape index (κ2) is 4.93. The highest BCUT2D eigenvalue weighted by Gasteiger charge is 2.18. The molecule has 0 spiro atoms. The summed E-state index contributed by atoms with van der Waals surface area (Å²) in [4.78, 5) is 14.2. The molecule has 0 aliphatic rings. The van der Waals surface area contributed by atoms with Crippen molar-refractivity contribution >= 4 is 11.5 Å². The molecule has 0 atom stereocenters. The van der Waals surface area contributed by atoms with Crippen LogP contribution >= 0.6 is 0 Å². The van der Waals surface area contributed by atoms with Crippen molar-refractivity contribution in [2.75, 3.05) is 5.73 Å². The van der Waals surface area contributed by atoms with Crippen LogP contribution < -0.4 is 10.5 Å². The molecule has 19 heavy (non-hydrogen) atoms. The highest BCUT2D eigenvalue weighted by Crippen LogP contribution is 2.31. The van der Waals surface area contributed by atoms with Crippen LogP contribution in [-0.4, -0.2) is 9.91 Å². The lowest BCUT2D eigenvalue weighted by molar-refractivity contribution is -0.386. The summed E-state index contributed by atoms with van der Waals surface area (Å²) in [6.07, 6.45) is 0. The van der Waals surface area contributed by atoms with Gasteiger partial charge >= 0.3 is 11.6 Å². The molecular formula is C13H13N3O3. The van der Waals surface area contributed by atoms with Crippen molar-refractivity contribution < 1.29 is 9.66 Å². The second-order valence-electron chi connectivity index (χ2n) is 4.19. The van der Waals surface area contributed by atoms with Gasteiger partial charge in [-0.15, -0.1) is 0 Å². The van der Waals surface area contributed by atoms with Crippen LogP contribution in [0, 0.1) is 24.0 Å². The molecule has 0 amide bonds. The highest BCUT2D eigenvalue weighted by atomic mass is 16.6. The summed E-state index contributed by atoms with van der Waals surface area (Å²) in [7, 11) is 0. The van der Waals surface area contributed by atoms with Crippen LogP contribution in [0.3, 0.4) is 0 Å². The minimum Gasteiger partial charge on any atom is -0.433 e. The first-order valence-electron chi connectivity index (χ1n) is 5.63. The van der Waals surface area contributed by atoms with E-state index in [1.54, 1.807) is 6.07 Å². The van der Waals surface area contributed by atoms with E-state index in [2.05, 4.69) is 4.98 Å². The van der Waals surface area contributed by atoms with Crippen LogP contribution in [0.5, 0.6) is 11.6 Å². The Labute approximate surface area is 110 Å². The van der Waals surface area contributed by atoms with Crippen LogP contribution in [0.1, 0.15) is 11.1 Å². The van der Waals surface area contributed by atoms with Crippen molar-refractivity contribution in [3.8, 4) is 11.6 Å². The van der Waals surface area contributed by atoms with Crippen LogP contribution in [0.4, 0.5) is 11.5 Å². The number of hydrogen-bond acceptors (Lipinski definition) is 5. The zero-order valence-corrected chi connectivity index (χ0v) is 10.6. The fourth-order valence-electron chi connectivity index (χ4n) is 1.68. The molecule has 0 unspecified atom stereocenters. The number of aryl methyl sites for hydroxylation is 2. The van der Waals surface area contributed by atoms with Crippen molar-refractivity contribution in [2.24, 2.45) is 0 Å². The number of benzene rings is 1. The van der Waals surface area contributed by atoms with Gasteiger partial charge in [-0.25, -0.2) is 0 Å². The summed E-state index contributed by atoms with van der Waals surface area (Å²) in [5.41, 5.74) is 7.27. The van der Waals surface area contributed by atoms with Crippen molar-refractivity contribution in [3.63, 3.8) is 0 Å².